The predicted molar refractivity (Wildman–Crippen MR) is 119 cm³/mol. The van der Waals surface area contributed by atoms with Gasteiger partial charge in [0.2, 0.25) is 15.9 Å². The van der Waals surface area contributed by atoms with Gasteiger partial charge in [-0.1, -0.05) is 25.1 Å². The van der Waals surface area contributed by atoms with Gasteiger partial charge in [-0.2, -0.15) is 0 Å². The number of rotatable bonds is 9. The third kappa shape index (κ3) is 5.53. The van der Waals surface area contributed by atoms with Gasteiger partial charge in [0.25, 0.3) is 0 Å². The zero-order valence-electron chi connectivity index (χ0n) is 17.8. The second-order valence-electron chi connectivity index (χ2n) is 7.78. The van der Waals surface area contributed by atoms with Crippen LogP contribution >= 0.6 is 0 Å². The summed E-state index contributed by atoms with van der Waals surface area (Å²) >= 11 is 0. The van der Waals surface area contributed by atoms with Gasteiger partial charge in [0.1, 0.15) is 12.3 Å². The summed E-state index contributed by atoms with van der Waals surface area (Å²) in [5.41, 5.74) is 4.19. The second kappa shape index (κ2) is 9.51. The van der Waals surface area contributed by atoms with Crippen LogP contribution in [-0.4, -0.2) is 33.7 Å². The minimum Gasteiger partial charge on any atom is -0.494 e. The van der Waals surface area contributed by atoms with Crippen molar-refractivity contribution in [2.75, 3.05) is 23.7 Å². The standard InChI is InChI=1S/C23H30N2O4S/c1-4-14-29-22-12-10-21(11-13-22)25(30(3,27)28)16-23(26)24-17(2)19-9-8-18-6-5-7-20(18)15-19/h8-13,15,17H,4-7,14,16H2,1-3H3,(H,24,26)/t17-/m0/s1. The van der Waals surface area contributed by atoms with E-state index >= 15 is 0 Å². The molecule has 6 nitrogen and oxygen atoms in total. The lowest BCUT2D eigenvalue weighted by atomic mass is 10.0. The van der Waals surface area contributed by atoms with Gasteiger partial charge in [0.05, 0.1) is 24.6 Å². The Balaban J connectivity index is 1.68. The first-order valence-corrected chi connectivity index (χ1v) is 12.2. The van der Waals surface area contributed by atoms with E-state index in [4.69, 9.17) is 4.74 Å². The van der Waals surface area contributed by atoms with Crippen LogP contribution in [0.2, 0.25) is 0 Å². The average Bonchev–Trinajstić information content (AvgIpc) is 3.18. The van der Waals surface area contributed by atoms with Gasteiger partial charge in [-0.3, -0.25) is 9.10 Å². The molecule has 0 saturated carbocycles. The maximum atomic E-state index is 12.7. The molecule has 1 aliphatic rings. The number of nitrogens with zero attached hydrogens (tertiary/aromatic N) is 1. The number of nitrogens with one attached hydrogen (secondary N) is 1. The summed E-state index contributed by atoms with van der Waals surface area (Å²) in [5, 5.41) is 2.93. The molecular formula is C23H30N2O4S. The Labute approximate surface area is 179 Å². The molecule has 1 N–H and O–H groups in total. The fourth-order valence-electron chi connectivity index (χ4n) is 3.69. The highest BCUT2D eigenvalue weighted by Crippen LogP contribution is 2.26. The zero-order valence-corrected chi connectivity index (χ0v) is 18.7. The highest BCUT2D eigenvalue weighted by molar-refractivity contribution is 7.92. The number of amides is 1. The Morgan fingerprint density at radius 2 is 1.83 bits per heavy atom. The largest absolute Gasteiger partial charge is 0.494 e. The van der Waals surface area contributed by atoms with E-state index in [1.807, 2.05) is 19.9 Å². The summed E-state index contributed by atoms with van der Waals surface area (Å²) in [7, 11) is -3.62. The smallest absolute Gasteiger partial charge is 0.241 e. The third-order valence-electron chi connectivity index (χ3n) is 5.29. The average molecular weight is 431 g/mol. The van der Waals surface area contributed by atoms with E-state index in [1.165, 1.54) is 17.5 Å². The molecule has 0 saturated heterocycles. The summed E-state index contributed by atoms with van der Waals surface area (Å²) in [6, 6.07) is 12.9. The lowest BCUT2D eigenvalue weighted by molar-refractivity contribution is -0.120. The zero-order chi connectivity index (χ0) is 21.7. The van der Waals surface area contributed by atoms with Gasteiger partial charge < -0.3 is 10.1 Å². The quantitative estimate of drug-likeness (QED) is 0.659. The summed E-state index contributed by atoms with van der Waals surface area (Å²) in [6.45, 7) is 4.25. The van der Waals surface area contributed by atoms with E-state index in [0.29, 0.717) is 18.0 Å². The highest BCUT2D eigenvalue weighted by Gasteiger charge is 2.22. The highest BCUT2D eigenvalue weighted by atomic mass is 32.2. The fourth-order valence-corrected chi connectivity index (χ4v) is 4.55. The maximum Gasteiger partial charge on any atom is 0.241 e. The number of ether oxygens (including phenoxy) is 1. The van der Waals surface area contributed by atoms with E-state index < -0.39 is 10.0 Å². The fraction of sp³-hybridized carbons (Fsp3) is 0.435. The van der Waals surface area contributed by atoms with Crippen LogP contribution in [0, 0.1) is 0 Å². The number of aryl methyl sites for hydroxylation is 2. The number of hydrogen-bond acceptors (Lipinski definition) is 4. The maximum absolute atomic E-state index is 12.7. The molecule has 2 aromatic carbocycles. The van der Waals surface area contributed by atoms with Crippen molar-refractivity contribution in [1.82, 2.24) is 5.32 Å². The number of sulfonamides is 1. The summed E-state index contributed by atoms with van der Waals surface area (Å²) < 4.78 is 31.3. The van der Waals surface area contributed by atoms with Crippen LogP contribution < -0.4 is 14.4 Å². The van der Waals surface area contributed by atoms with Crippen LogP contribution in [0.3, 0.4) is 0 Å². The first-order valence-electron chi connectivity index (χ1n) is 10.4. The number of carbonyl (C=O) groups is 1. The predicted octanol–water partition coefficient (Wildman–Crippen LogP) is 3.61. The third-order valence-corrected chi connectivity index (χ3v) is 6.43. The van der Waals surface area contributed by atoms with E-state index in [0.717, 1.165) is 35.4 Å². The Hall–Kier alpha value is -2.54. The summed E-state index contributed by atoms with van der Waals surface area (Å²) in [5.74, 6) is 0.323. The van der Waals surface area contributed by atoms with E-state index in [2.05, 4.69) is 17.4 Å². The number of fused-ring (bicyclic) bond motifs is 1. The molecule has 3 rings (SSSR count). The molecule has 0 spiro atoms. The van der Waals surface area contributed by atoms with Crippen LogP contribution in [0.1, 0.15) is 49.4 Å². The van der Waals surface area contributed by atoms with Crippen LogP contribution in [0.15, 0.2) is 42.5 Å². The van der Waals surface area contributed by atoms with Crippen LogP contribution in [0.5, 0.6) is 5.75 Å². The molecule has 30 heavy (non-hydrogen) atoms. The Morgan fingerprint density at radius 1 is 1.13 bits per heavy atom. The Morgan fingerprint density at radius 3 is 2.50 bits per heavy atom. The lowest BCUT2D eigenvalue weighted by Gasteiger charge is -2.23. The molecule has 7 heteroatoms. The van der Waals surface area contributed by atoms with Gasteiger partial charge in [0, 0.05) is 0 Å². The van der Waals surface area contributed by atoms with Gasteiger partial charge in [-0.25, -0.2) is 8.42 Å². The number of benzene rings is 2. The molecule has 0 fully saturated rings. The van der Waals surface area contributed by atoms with Crippen molar-refractivity contribution < 1.29 is 17.9 Å². The number of hydrogen-bond donors (Lipinski definition) is 1. The normalized spacial score (nSPS) is 14.1. The van der Waals surface area contributed by atoms with Crippen molar-refractivity contribution in [2.24, 2.45) is 0 Å². The molecule has 2 aromatic rings. The van der Waals surface area contributed by atoms with Gasteiger partial charge >= 0.3 is 0 Å². The molecule has 0 aromatic heterocycles. The molecule has 1 amide bonds. The summed E-state index contributed by atoms with van der Waals surface area (Å²) in [4.78, 5) is 12.7. The minimum absolute atomic E-state index is 0.199. The summed E-state index contributed by atoms with van der Waals surface area (Å²) in [6.07, 6.45) is 5.35. The molecule has 0 aliphatic heterocycles. The topological polar surface area (TPSA) is 75.7 Å². The van der Waals surface area contributed by atoms with Crippen molar-refractivity contribution in [3.05, 3.63) is 59.2 Å². The molecule has 162 valence electrons. The van der Waals surface area contributed by atoms with E-state index in [1.54, 1.807) is 24.3 Å². The van der Waals surface area contributed by atoms with Crippen molar-refractivity contribution in [3.63, 3.8) is 0 Å². The van der Waals surface area contributed by atoms with Crippen molar-refractivity contribution >= 4 is 21.6 Å². The lowest BCUT2D eigenvalue weighted by Crippen LogP contribution is -2.41. The first-order chi connectivity index (χ1) is 14.3. The van der Waals surface area contributed by atoms with Crippen LogP contribution in [-0.2, 0) is 27.7 Å². The minimum atomic E-state index is -3.62. The van der Waals surface area contributed by atoms with Crippen LogP contribution in [0.4, 0.5) is 5.69 Å². The SMILES string of the molecule is CCCOc1ccc(N(CC(=O)N[C@@H](C)c2ccc3c(c2)CCC3)S(C)(=O)=O)cc1. The Bertz CT molecular complexity index is 987. The molecule has 0 radical (unpaired) electrons. The molecule has 1 aliphatic carbocycles. The van der Waals surface area contributed by atoms with Crippen molar-refractivity contribution in [2.45, 2.75) is 45.6 Å². The molecule has 1 atom stereocenters. The van der Waals surface area contributed by atoms with Gasteiger partial charge in [-0.05, 0) is 73.6 Å². The van der Waals surface area contributed by atoms with Gasteiger partial charge in [-0.15, -0.1) is 0 Å². The van der Waals surface area contributed by atoms with E-state index in [-0.39, 0.29) is 18.5 Å². The van der Waals surface area contributed by atoms with Crippen molar-refractivity contribution in [1.29, 1.82) is 0 Å². The Kier molecular flexibility index (Phi) is 7.02. The molecule has 0 bridgehead atoms. The number of carbonyl (C=O) groups excluding carboxylic acids is 1. The first kappa shape index (κ1) is 22.2. The van der Waals surface area contributed by atoms with Crippen LogP contribution in [0.25, 0.3) is 0 Å². The second-order valence-corrected chi connectivity index (χ2v) is 9.69. The van der Waals surface area contributed by atoms with E-state index in [9.17, 15) is 13.2 Å². The van der Waals surface area contributed by atoms with Gasteiger partial charge in [0.15, 0.2) is 0 Å². The monoisotopic (exact) mass is 430 g/mol. The van der Waals surface area contributed by atoms with Crippen molar-refractivity contribution in [3.8, 4) is 5.75 Å². The number of anilines is 1. The molecule has 0 heterocycles. The molecular weight excluding hydrogens is 400 g/mol. The molecule has 0 unspecified atom stereocenters.